The van der Waals surface area contributed by atoms with Crippen LogP contribution in [0.4, 0.5) is 5.69 Å². The summed E-state index contributed by atoms with van der Waals surface area (Å²) in [5.41, 5.74) is 2.68. The van der Waals surface area contributed by atoms with Crippen molar-refractivity contribution in [2.45, 2.75) is 13.3 Å². The Morgan fingerprint density at radius 2 is 1.74 bits per heavy atom. The second-order valence-corrected chi connectivity index (χ2v) is 9.77. The average Bonchev–Trinajstić information content (AvgIpc) is 3.20. The molecule has 0 spiro atoms. The number of nitrogens with zero attached hydrogens (tertiary/aromatic N) is 5. The van der Waals surface area contributed by atoms with Crippen LogP contribution in [0, 0.1) is 6.92 Å². The molecule has 0 atom stereocenters. The molecule has 1 saturated heterocycles. The number of methoxy groups -OCH3 is 1. The molecule has 1 aliphatic rings. The fraction of sp³-hybridized carbons (Fsp3) is 0.280. The van der Waals surface area contributed by atoms with Crippen molar-refractivity contribution in [1.82, 2.24) is 19.5 Å². The van der Waals surface area contributed by atoms with Crippen molar-refractivity contribution in [2.75, 3.05) is 38.2 Å². The number of aromatic nitrogens is 3. The van der Waals surface area contributed by atoms with E-state index >= 15 is 0 Å². The quantitative estimate of drug-likeness (QED) is 0.408. The number of aryl methyl sites for hydroxylation is 1. The summed E-state index contributed by atoms with van der Waals surface area (Å²) in [6.45, 7) is 4.53. The molecule has 8 nitrogen and oxygen atoms in total. The molecule has 0 unspecified atom stereocenters. The first-order valence-corrected chi connectivity index (χ1v) is 12.4. The van der Waals surface area contributed by atoms with Gasteiger partial charge in [-0.3, -0.25) is 9.59 Å². The third kappa shape index (κ3) is 4.74. The molecule has 1 fully saturated rings. The van der Waals surface area contributed by atoms with Gasteiger partial charge in [0.2, 0.25) is 4.96 Å². The molecule has 10 heteroatoms. The second kappa shape index (κ2) is 9.67. The number of anilines is 1. The number of benzene rings is 2. The number of piperazine rings is 1. The Morgan fingerprint density at radius 3 is 2.40 bits per heavy atom. The molecule has 0 bridgehead atoms. The lowest BCUT2D eigenvalue weighted by molar-refractivity contribution is 0.0750. The van der Waals surface area contributed by atoms with Crippen molar-refractivity contribution >= 4 is 39.5 Å². The molecular weight excluding hydrogens is 486 g/mol. The summed E-state index contributed by atoms with van der Waals surface area (Å²) in [5, 5.41) is 5.25. The molecule has 2 aromatic heterocycles. The maximum absolute atomic E-state index is 13.3. The summed E-state index contributed by atoms with van der Waals surface area (Å²) in [7, 11) is 1.61. The van der Waals surface area contributed by atoms with Gasteiger partial charge in [-0.1, -0.05) is 35.1 Å². The van der Waals surface area contributed by atoms with E-state index in [1.807, 2.05) is 60.4 Å². The van der Waals surface area contributed by atoms with Crippen LogP contribution in [0.2, 0.25) is 5.02 Å². The van der Waals surface area contributed by atoms with Gasteiger partial charge in [0.25, 0.3) is 11.5 Å². The molecule has 0 radical (unpaired) electrons. The zero-order chi connectivity index (χ0) is 24.5. The van der Waals surface area contributed by atoms with Crippen molar-refractivity contribution in [2.24, 2.45) is 0 Å². The zero-order valence-corrected chi connectivity index (χ0v) is 21.0. The third-order valence-corrected chi connectivity index (χ3v) is 7.54. The molecule has 3 heterocycles. The zero-order valence-electron chi connectivity index (χ0n) is 19.4. The Hall–Kier alpha value is -3.43. The Morgan fingerprint density at radius 1 is 1.06 bits per heavy atom. The lowest BCUT2D eigenvalue weighted by Gasteiger charge is -2.36. The van der Waals surface area contributed by atoms with Crippen LogP contribution >= 0.6 is 22.9 Å². The summed E-state index contributed by atoms with van der Waals surface area (Å²) in [6, 6.07) is 15.2. The van der Waals surface area contributed by atoms with E-state index in [4.69, 9.17) is 16.3 Å². The van der Waals surface area contributed by atoms with Crippen molar-refractivity contribution in [3.05, 3.63) is 85.7 Å². The SMILES string of the molecule is COc1ccc(Cc2nn3c(C)c(C(=O)N4CCN(c5ccc(Cl)cc5)CC4)sc3nc2=O)cc1. The molecule has 4 aromatic rings. The van der Waals surface area contributed by atoms with Crippen LogP contribution in [0.1, 0.15) is 26.6 Å². The van der Waals surface area contributed by atoms with Gasteiger partial charge in [0.05, 0.1) is 12.8 Å². The number of hydrogen-bond donors (Lipinski definition) is 0. The third-order valence-electron chi connectivity index (χ3n) is 6.17. The predicted molar refractivity (Wildman–Crippen MR) is 137 cm³/mol. The molecule has 0 saturated carbocycles. The lowest BCUT2D eigenvalue weighted by Crippen LogP contribution is -2.48. The number of carbonyl (C=O) groups is 1. The topological polar surface area (TPSA) is 80.0 Å². The van der Waals surface area contributed by atoms with Crippen LogP contribution in [-0.4, -0.2) is 58.7 Å². The van der Waals surface area contributed by atoms with E-state index in [-0.39, 0.29) is 11.5 Å². The number of rotatable bonds is 5. The van der Waals surface area contributed by atoms with Gasteiger partial charge in [-0.25, -0.2) is 4.52 Å². The van der Waals surface area contributed by atoms with Gasteiger partial charge in [-0.2, -0.15) is 10.1 Å². The van der Waals surface area contributed by atoms with Gasteiger partial charge in [0.1, 0.15) is 16.3 Å². The van der Waals surface area contributed by atoms with Crippen molar-refractivity contribution in [3.8, 4) is 5.75 Å². The highest BCUT2D eigenvalue weighted by Crippen LogP contribution is 2.24. The normalized spacial score (nSPS) is 13.9. The predicted octanol–water partition coefficient (Wildman–Crippen LogP) is 3.67. The highest BCUT2D eigenvalue weighted by molar-refractivity contribution is 7.19. The summed E-state index contributed by atoms with van der Waals surface area (Å²) in [5.74, 6) is 0.692. The average molecular weight is 510 g/mol. The standard InChI is InChI=1S/C25H24ClN5O3S/c1-16-22(24(33)30-13-11-29(12-14-30)19-7-5-18(26)6-8-19)35-25-27-23(32)21(28-31(16)25)15-17-3-9-20(34-2)10-4-17/h3-10H,11-15H2,1-2H3. The Labute approximate surface area is 211 Å². The Bertz CT molecular complexity index is 1420. The van der Waals surface area contributed by atoms with Gasteiger partial charge >= 0.3 is 0 Å². The van der Waals surface area contributed by atoms with Gasteiger partial charge in [-0.15, -0.1) is 0 Å². The lowest BCUT2D eigenvalue weighted by atomic mass is 10.1. The van der Waals surface area contributed by atoms with E-state index in [1.54, 1.807) is 11.6 Å². The van der Waals surface area contributed by atoms with Crippen LogP contribution < -0.4 is 15.2 Å². The van der Waals surface area contributed by atoms with Gasteiger partial charge in [0, 0.05) is 43.3 Å². The summed E-state index contributed by atoms with van der Waals surface area (Å²) < 4.78 is 6.80. The molecule has 0 N–H and O–H groups in total. The summed E-state index contributed by atoms with van der Waals surface area (Å²) in [4.78, 5) is 35.3. The highest BCUT2D eigenvalue weighted by atomic mass is 35.5. The smallest absolute Gasteiger partial charge is 0.296 e. The molecular formula is C25H24ClN5O3S. The minimum absolute atomic E-state index is 0.0558. The Kier molecular flexibility index (Phi) is 6.44. The molecule has 0 aliphatic carbocycles. The maximum Gasteiger partial charge on any atom is 0.296 e. The van der Waals surface area contributed by atoms with E-state index < -0.39 is 0 Å². The minimum atomic E-state index is -0.377. The fourth-order valence-corrected chi connectivity index (χ4v) is 5.31. The van der Waals surface area contributed by atoms with Crippen LogP contribution in [0.25, 0.3) is 4.96 Å². The monoisotopic (exact) mass is 509 g/mol. The largest absolute Gasteiger partial charge is 0.497 e. The molecule has 5 rings (SSSR count). The number of hydrogen-bond acceptors (Lipinski definition) is 7. The number of halogens is 1. The van der Waals surface area contributed by atoms with Crippen molar-refractivity contribution in [3.63, 3.8) is 0 Å². The summed E-state index contributed by atoms with van der Waals surface area (Å²) >= 11 is 7.21. The highest BCUT2D eigenvalue weighted by Gasteiger charge is 2.26. The van der Waals surface area contributed by atoms with Crippen molar-refractivity contribution in [1.29, 1.82) is 0 Å². The first kappa shape index (κ1) is 23.3. The van der Waals surface area contributed by atoms with E-state index in [9.17, 15) is 9.59 Å². The van der Waals surface area contributed by atoms with Crippen LogP contribution in [0.3, 0.4) is 0 Å². The molecule has 1 aliphatic heterocycles. The molecule has 1 amide bonds. The van der Waals surface area contributed by atoms with Crippen LogP contribution in [0.5, 0.6) is 5.75 Å². The van der Waals surface area contributed by atoms with Crippen molar-refractivity contribution < 1.29 is 9.53 Å². The maximum atomic E-state index is 13.3. The van der Waals surface area contributed by atoms with E-state index in [2.05, 4.69) is 15.0 Å². The van der Waals surface area contributed by atoms with Gasteiger partial charge in [-0.05, 0) is 48.9 Å². The number of ether oxygens (including phenoxy) is 1. The van der Waals surface area contributed by atoms with Crippen LogP contribution in [-0.2, 0) is 6.42 Å². The fourth-order valence-electron chi connectivity index (χ4n) is 4.16. The second-order valence-electron chi connectivity index (χ2n) is 8.36. The number of fused-ring (bicyclic) bond motifs is 1. The van der Waals surface area contributed by atoms with Gasteiger partial charge < -0.3 is 14.5 Å². The Balaban J connectivity index is 1.34. The van der Waals surface area contributed by atoms with E-state index in [0.717, 1.165) is 30.1 Å². The van der Waals surface area contributed by atoms with E-state index in [1.165, 1.54) is 11.3 Å². The van der Waals surface area contributed by atoms with E-state index in [0.29, 0.717) is 45.8 Å². The van der Waals surface area contributed by atoms with Crippen LogP contribution in [0.15, 0.2) is 53.3 Å². The molecule has 2 aromatic carbocycles. The number of carbonyl (C=O) groups excluding carboxylic acids is 1. The molecule has 35 heavy (non-hydrogen) atoms. The number of amides is 1. The minimum Gasteiger partial charge on any atom is -0.497 e. The first-order chi connectivity index (χ1) is 16.9. The van der Waals surface area contributed by atoms with Gasteiger partial charge in [0.15, 0.2) is 0 Å². The molecule has 180 valence electrons. The first-order valence-electron chi connectivity index (χ1n) is 11.2. The summed E-state index contributed by atoms with van der Waals surface area (Å²) in [6.07, 6.45) is 0.351. The number of thiazole rings is 1.